The lowest BCUT2D eigenvalue weighted by atomic mass is 9.95. The Morgan fingerprint density at radius 3 is 2.78 bits per heavy atom. The summed E-state index contributed by atoms with van der Waals surface area (Å²) < 4.78 is 5.68. The van der Waals surface area contributed by atoms with Gasteiger partial charge in [0.1, 0.15) is 12.4 Å². The number of benzene rings is 2. The summed E-state index contributed by atoms with van der Waals surface area (Å²) in [5.74, 6) is 0.562. The topological polar surface area (TPSA) is 38.3 Å². The molecule has 2 atom stereocenters. The van der Waals surface area contributed by atoms with E-state index >= 15 is 0 Å². The van der Waals surface area contributed by atoms with Crippen molar-refractivity contribution in [3.8, 4) is 5.75 Å². The second kappa shape index (κ2) is 6.81. The zero-order chi connectivity index (χ0) is 16.4. The average Bonchev–Trinajstić information content (AvgIpc) is 2.54. The maximum Gasteiger partial charge on any atom is 0.227 e. The van der Waals surface area contributed by atoms with E-state index in [1.54, 1.807) is 6.07 Å². The normalized spacial score (nSPS) is 17.8. The number of fused-ring (bicyclic) bond motifs is 1. The zero-order valence-electron chi connectivity index (χ0n) is 12.7. The van der Waals surface area contributed by atoms with Gasteiger partial charge in [-0.1, -0.05) is 35.3 Å². The van der Waals surface area contributed by atoms with Crippen LogP contribution in [-0.4, -0.2) is 12.5 Å². The molecule has 0 radical (unpaired) electrons. The van der Waals surface area contributed by atoms with Gasteiger partial charge in [0.05, 0.1) is 12.0 Å². The van der Waals surface area contributed by atoms with E-state index in [1.807, 2.05) is 43.3 Å². The number of carbonyl (C=O) groups is 1. The monoisotopic (exact) mass is 349 g/mol. The third-order valence-electron chi connectivity index (χ3n) is 4.01. The molecule has 1 amide bonds. The van der Waals surface area contributed by atoms with Gasteiger partial charge in [-0.2, -0.15) is 0 Å². The van der Waals surface area contributed by atoms with Crippen molar-refractivity contribution in [2.24, 2.45) is 5.92 Å². The van der Waals surface area contributed by atoms with Crippen molar-refractivity contribution in [3.63, 3.8) is 0 Å². The fraction of sp³-hybridized carbons (Fsp3) is 0.278. The Kier molecular flexibility index (Phi) is 4.79. The first-order valence-electron chi connectivity index (χ1n) is 7.50. The molecular weight excluding hydrogens is 333 g/mol. The maximum atomic E-state index is 12.5. The van der Waals surface area contributed by atoms with E-state index in [9.17, 15) is 4.79 Å². The van der Waals surface area contributed by atoms with E-state index in [1.165, 1.54) is 0 Å². The highest BCUT2D eigenvalue weighted by atomic mass is 35.5. The second-order valence-corrected chi connectivity index (χ2v) is 6.62. The van der Waals surface area contributed by atoms with Crippen LogP contribution < -0.4 is 10.1 Å². The smallest absolute Gasteiger partial charge is 0.227 e. The zero-order valence-corrected chi connectivity index (χ0v) is 14.2. The quantitative estimate of drug-likeness (QED) is 0.890. The van der Waals surface area contributed by atoms with Gasteiger partial charge in [-0.3, -0.25) is 4.79 Å². The molecule has 23 heavy (non-hydrogen) atoms. The van der Waals surface area contributed by atoms with Crippen LogP contribution in [0, 0.1) is 5.92 Å². The van der Waals surface area contributed by atoms with Crippen LogP contribution in [0.2, 0.25) is 10.0 Å². The summed E-state index contributed by atoms with van der Waals surface area (Å²) in [6, 6.07) is 12.9. The SMILES string of the molecule is C[C@@H](NC(=O)[C@H]1COc2ccc(Cl)cc2C1)c1cccc(Cl)c1. The first-order chi connectivity index (χ1) is 11.0. The van der Waals surface area contributed by atoms with Crippen LogP contribution in [0.15, 0.2) is 42.5 Å². The number of hydrogen-bond acceptors (Lipinski definition) is 2. The lowest BCUT2D eigenvalue weighted by Crippen LogP contribution is -2.38. The molecule has 0 bridgehead atoms. The number of halogens is 2. The van der Waals surface area contributed by atoms with Gasteiger partial charge in [-0.05, 0) is 54.8 Å². The van der Waals surface area contributed by atoms with Crippen LogP contribution in [0.4, 0.5) is 0 Å². The Morgan fingerprint density at radius 2 is 2.00 bits per heavy atom. The number of hydrogen-bond donors (Lipinski definition) is 1. The predicted octanol–water partition coefficient (Wildman–Crippen LogP) is 4.42. The minimum atomic E-state index is -0.220. The van der Waals surface area contributed by atoms with Gasteiger partial charge in [0.2, 0.25) is 5.91 Å². The molecule has 0 saturated carbocycles. The first kappa shape index (κ1) is 16.2. The van der Waals surface area contributed by atoms with Crippen LogP contribution in [0.5, 0.6) is 5.75 Å². The van der Waals surface area contributed by atoms with Crippen molar-refractivity contribution in [2.75, 3.05) is 6.61 Å². The number of nitrogens with one attached hydrogen (secondary N) is 1. The minimum Gasteiger partial charge on any atom is -0.492 e. The van der Waals surface area contributed by atoms with Crippen molar-refractivity contribution in [1.29, 1.82) is 0 Å². The standard InChI is InChI=1S/C18H17Cl2NO2/c1-11(12-3-2-4-15(19)8-12)21-18(22)14-7-13-9-16(20)5-6-17(13)23-10-14/h2-6,8-9,11,14H,7,10H2,1H3,(H,21,22)/t11-,14-/m1/s1. The Bertz CT molecular complexity index is 733. The third-order valence-corrected chi connectivity index (χ3v) is 4.48. The average molecular weight is 350 g/mol. The molecule has 0 aliphatic carbocycles. The summed E-state index contributed by atoms with van der Waals surface area (Å²) in [6.45, 7) is 2.32. The molecular formula is C18H17Cl2NO2. The van der Waals surface area contributed by atoms with Crippen LogP contribution in [0.25, 0.3) is 0 Å². The summed E-state index contributed by atoms with van der Waals surface area (Å²) in [5.41, 5.74) is 1.95. The largest absolute Gasteiger partial charge is 0.492 e. The van der Waals surface area contributed by atoms with E-state index in [4.69, 9.17) is 27.9 Å². The van der Waals surface area contributed by atoms with Gasteiger partial charge in [0.25, 0.3) is 0 Å². The second-order valence-electron chi connectivity index (χ2n) is 5.75. The van der Waals surface area contributed by atoms with E-state index in [2.05, 4.69) is 5.32 Å². The Balaban J connectivity index is 1.67. The minimum absolute atomic E-state index is 0.0249. The molecule has 0 saturated heterocycles. The summed E-state index contributed by atoms with van der Waals surface area (Å²) in [7, 11) is 0. The van der Waals surface area contributed by atoms with Crippen molar-refractivity contribution in [3.05, 3.63) is 63.6 Å². The van der Waals surface area contributed by atoms with E-state index in [0.717, 1.165) is 16.9 Å². The maximum absolute atomic E-state index is 12.5. The Labute approximate surface area is 145 Å². The molecule has 1 aliphatic heterocycles. The molecule has 1 N–H and O–H groups in total. The van der Waals surface area contributed by atoms with Crippen LogP contribution in [-0.2, 0) is 11.2 Å². The van der Waals surface area contributed by atoms with E-state index in [0.29, 0.717) is 23.1 Å². The highest BCUT2D eigenvalue weighted by Crippen LogP contribution is 2.30. The number of ether oxygens (including phenoxy) is 1. The number of rotatable bonds is 3. The molecule has 0 fully saturated rings. The molecule has 0 aromatic heterocycles. The van der Waals surface area contributed by atoms with Gasteiger partial charge < -0.3 is 10.1 Å². The van der Waals surface area contributed by atoms with Crippen molar-refractivity contribution < 1.29 is 9.53 Å². The van der Waals surface area contributed by atoms with Gasteiger partial charge in [-0.15, -0.1) is 0 Å². The summed E-state index contributed by atoms with van der Waals surface area (Å²) >= 11 is 12.0. The van der Waals surface area contributed by atoms with Crippen molar-refractivity contribution in [2.45, 2.75) is 19.4 Å². The molecule has 3 nitrogen and oxygen atoms in total. The molecule has 2 aromatic carbocycles. The molecule has 1 heterocycles. The highest BCUT2D eigenvalue weighted by molar-refractivity contribution is 6.30. The molecule has 5 heteroatoms. The number of amides is 1. The van der Waals surface area contributed by atoms with Crippen LogP contribution in [0.1, 0.15) is 24.1 Å². The first-order valence-corrected chi connectivity index (χ1v) is 8.25. The summed E-state index contributed by atoms with van der Waals surface area (Å²) in [5, 5.41) is 4.34. The summed E-state index contributed by atoms with van der Waals surface area (Å²) in [6.07, 6.45) is 0.629. The van der Waals surface area contributed by atoms with Gasteiger partial charge in [0.15, 0.2) is 0 Å². The fourth-order valence-corrected chi connectivity index (χ4v) is 3.12. The Hall–Kier alpha value is -1.71. The Morgan fingerprint density at radius 1 is 1.22 bits per heavy atom. The lowest BCUT2D eigenvalue weighted by Gasteiger charge is -2.26. The predicted molar refractivity (Wildman–Crippen MR) is 92.2 cm³/mol. The molecule has 0 spiro atoms. The van der Waals surface area contributed by atoms with E-state index in [-0.39, 0.29) is 17.9 Å². The van der Waals surface area contributed by atoms with Gasteiger partial charge in [0, 0.05) is 10.0 Å². The molecule has 3 rings (SSSR count). The lowest BCUT2D eigenvalue weighted by molar-refractivity contribution is -0.126. The molecule has 0 unspecified atom stereocenters. The van der Waals surface area contributed by atoms with Crippen molar-refractivity contribution >= 4 is 29.1 Å². The van der Waals surface area contributed by atoms with Gasteiger partial charge >= 0.3 is 0 Å². The van der Waals surface area contributed by atoms with Gasteiger partial charge in [-0.25, -0.2) is 0 Å². The third kappa shape index (κ3) is 3.80. The molecule has 1 aliphatic rings. The molecule has 120 valence electrons. The van der Waals surface area contributed by atoms with Crippen LogP contribution >= 0.6 is 23.2 Å². The van der Waals surface area contributed by atoms with Crippen LogP contribution in [0.3, 0.4) is 0 Å². The van der Waals surface area contributed by atoms with Crippen molar-refractivity contribution in [1.82, 2.24) is 5.32 Å². The number of carbonyl (C=O) groups excluding carboxylic acids is 1. The fourth-order valence-electron chi connectivity index (χ4n) is 2.72. The summed E-state index contributed by atoms with van der Waals surface area (Å²) in [4.78, 5) is 12.5. The molecule has 2 aromatic rings. The van der Waals surface area contributed by atoms with E-state index < -0.39 is 0 Å². The highest BCUT2D eigenvalue weighted by Gasteiger charge is 2.27.